The Hall–Kier alpha value is -0.220. The van der Waals surface area contributed by atoms with E-state index in [0.29, 0.717) is 6.42 Å². The van der Waals surface area contributed by atoms with Gasteiger partial charge in [-0.2, -0.15) is 11.8 Å². The first kappa shape index (κ1) is 19.1. The standard InChI is InChI=1S/C6H13NO.C5H11NS.C2H6/c1-4-5-6(8)7(2)3;1-6-2-4-7-5-3-6;1-2/h4-5H2,1-3H3;2-5H2,1H3;1-2H3. The number of thioether (sulfide) groups is 1. The predicted octanol–water partition coefficient (Wildman–Crippen LogP) is 2.57. The Morgan fingerprint density at radius 3 is 1.88 bits per heavy atom. The summed E-state index contributed by atoms with van der Waals surface area (Å²) in [4.78, 5) is 14.7. The van der Waals surface area contributed by atoms with E-state index < -0.39 is 0 Å². The van der Waals surface area contributed by atoms with Gasteiger partial charge < -0.3 is 9.80 Å². The second-order valence-electron chi connectivity index (χ2n) is 3.95. The van der Waals surface area contributed by atoms with Gasteiger partial charge in [0.25, 0.3) is 0 Å². The van der Waals surface area contributed by atoms with Gasteiger partial charge in [0.1, 0.15) is 0 Å². The Kier molecular flexibility index (Phi) is 15.6. The molecule has 17 heavy (non-hydrogen) atoms. The van der Waals surface area contributed by atoms with Crippen LogP contribution in [0, 0.1) is 0 Å². The van der Waals surface area contributed by atoms with Gasteiger partial charge in [0, 0.05) is 45.1 Å². The van der Waals surface area contributed by atoms with E-state index in [2.05, 4.69) is 23.7 Å². The largest absolute Gasteiger partial charge is 0.349 e. The average molecular weight is 262 g/mol. The van der Waals surface area contributed by atoms with E-state index in [1.54, 1.807) is 19.0 Å². The average Bonchev–Trinajstić information content (AvgIpc) is 2.33. The molecule has 0 N–H and O–H groups in total. The molecule has 1 aliphatic heterocycles. The number of rotatable bonds is 2. The summed E-state index contributed by atoms with van der Waals surface area (Å²) in [6.45, 7) is 8.57. The Balaban J connectivity index is 0. The van der Waals surface area contributed by atoms with Crippen molar-refractivity contribution in [3.05, 3.63) is 0 Å². The summed E-state index contributed by atoms with van der Waals surface area (Å²) in [5, 5.41) is 0. The maximum absolute atomic E-state index is 10.7. The van der Waals surface area contributed by atoms with Crippen LogP contribution in [0.3, 0.4) is 0 Å². The SMILES string of the molecule is CC.CCCC(=O)N(C)C.CN1CCSCC1. The Morgan fingerprint density at radius 2 is 1.71 bits per heavy atom. The van der Waals surface area contributed by atoms with Crippen LogP contribution in [0.15, 0.2) is 0 Å². The summed E-state index contributed by atoms with van der Waals surface area (Å²) >= 11 is 2.06. The number of amides is 1. The summed E-state index contributed by atoms with van der Waals surface area (Å²) in [7, 11) is 5.73. The minimum absolute atomic E-state index is 0.215. The molecular formula is C13H30N2OS. The summed E-state index contributed by atoms with van der Waals surface area (Å²) in [6, 6.07) is 0. The van der Waals surface area contributed by atoms with Gasteiger partial charge in [-0.25, -0.2) is 0 Å². The topological polar surface area (TPSA) is 23.6 Å². The second kappa shape index (κ2) is 13.8. The molecule has 1 amide bonds. The van der Waals surface area contributed by atoms with Gasteiger partial charge >= 0.3 is 0 Å². The smallest absolute Gasteiger partial charge is 0.222 e. The first-order valence-corrected chi connectivity index (χ1v) is 7.69. The van der Waals surface area contributed by atoms with Crippen molar-refractivity contribution in [3.8, 4) is 0 Å². The van der Waals surface area contributed by atoms with E-state index in [0.717, 1.165) is 6.42 Å². The van der Waals surface area contributed by atoms with Gasteiger partial charge in [0.15, 0.2) is 0 Å². The molecule has 4 heteroatoms. The van der Waals surface area contributed by atoms with Crippen LogP contribution in [0.25, 0.3) is 0 Å². The minimum Gasteiger partial charge on any atom is -0.349 e. The molecule has 0 aromatic carbocycles. The van der Waals surface area contributed by atoms with Crippen LogP contribution in [-0.4, -0.2) is 61.4 Å². The van der Waals surface area contributed by atoms with Crippen molar-refractivity contribution in [2.75, 3.05) is 45.7 Å². The third-order valence-corrected chi connectivity index (χ3v) is 3.14. The van der Waals surface area contributed by atoms with Crippen LogP contribution < -0.4 is 0 Å². The van der Waals surface area contributed by atoms with Crippen LogP contribution in [0.2, 0.25) is 0 Å². The number of hydrogen-bond acceptors (Lipinski definition) is 3. The molecule has 3 nitrogen and oxygen atoms in total. The van der Waals surface area contributed by atoms with Crippen molar-refractivity contribution in [1.82, 2.24) is 9.80 Å². The molecule has 104 valence electrons. The maximum Gasteiger partial charge on any atom is 0.222 e. The van der Waals surface area contributed by atoms with E-state index in [9.17, 15) is 4.79 Å². The molecule has 0 aliphatic carbocycles. The molecule has 1 saturated heterocycles. The number of carbonyl (C=O) groups excluding carboxylic acids is 1. The quantitative estimate of drug-likeness (QED) is 0.764. The molecular weight excluding hydrogens is 232 g/mol. The zero-order valence-corrected chi connectivity index (χ0v) is 13.3. The maximum atomic E-state index is 10.7. The Bertz CT molecular complexity index is 169. The highest BCUT2D eigenvalue weighted by molar-refractivity contribution is 7.99. The van der Waals surface area contributed by atoms with Crippen LogP contribution in [0.1, 0.15) is 33.6 Å². The molecule has 0 unspecified atom stereocenters. The lowest BCUT2D eigenvalue weighted by atomic mass is 10.3. The molecule has 1 fully saturated rings. The predicted molar refractivity (Wildman–Crippen MR) is 79.8 cm³/mol. The van der Waals surface area contributed by atoms with Crippen molar-refractivity contribution >= 4 is 17.7 Å². The molecule has 1 aliphatic rings. The van der Waals surface area contributed by atoms with Crippen LogP contribution >= 0.6 is 11.8 Å². The summed E-state index contributed by atoms with van der Waals surface area (Å²) < 4.78 is 0. The highest BCUT2D eigenvalue weighted by Gasteiger charge is 2.02. The fourth-order valence-electron chi connectivity index (χ4n) is 1.09. The van der Waals surface area contributed by atoms with Crippen LogP contribution in [-0.2, 0) is 4.79 Å². The lowest BCUT2D eigenvalue weighted by Gasteiger charge is -2.20. The molecule has 0 radical (unpaired) electrons. The van der Waals surface area contributed by atoms with Crippen molar-refractivity contribution in [3.63, 3.8) is 0 Å². The molecule has 1 rings (SSSR count). The molecule has 1 heterocycles. The third-order valence-electron chi connectivity index (χ3n) is 2.20. The van der Waals surface area contributed by atoms with E-state index >= 15 is 0 Å². The van der Waals surface area contributed by atoms with Crippen LogP contribution in [0.5, 0.6) is 0 Å². The zero-order chi connectivity index (χ0) is 13.7. The van der Waals surface area contributed by atoms with Gasteiger partial charge in [0.05, 0.1) is 0 Å². The van der Waals surface area contributed by atoms with Gasteiger partial charge in [-0.05, 0) is 13.5 Å². The summed E-state index contributed by atoms with van der Waals surface area (Å²) in [5.74, 6) is 2.88. The number of hydrogen-bond donors (Lipinski definition) is 0. The molecule has 0 bridgehead atoms. The number of nitrogens with zero attached hydrogens (tertiary/aromatic N) is 2. The third kappa shape index (κ3) is 13.7. The second-order valence-corrected chi connectivity index (χ2v) is 5.18. The van der Waals surface area contributed by atoms with E-state index in [-0.39, 0.29) is 5.91 Å². The van der Waals surface area contributed by atoms with Crippen LogP contribution in [0.4, 0.5) is 0 Å². The van der Waals surface area contributed by atoms with Gasteiger partial charge in [-0.3, -0.25) is 4.79 Å². The first-order chi connectivity index (χ1) is 8.07. The summed E-state index contributed by atoms with van der Waals surface area (Å²) in [5.41, 5.74) is 0. The monoisotopic (exact) mass is 262 g/mol. The van der Waals surface area contributed by atoms with Gasteiger partial charge in [-0.1, -0.05) is 20.8 Å². The summed E-state index contributed by atoms with van der Waals surface area (Å²) in [6.07, 6.45) is 1.62. The molecule has 0 aromatic heterocycles. The highest BCUT2D eigenvalue weighted by atomic mass is 32.2. The first-order valence-electron chi connectivity index (χ1n) is 6.54. The zero-order valence-electron chi connectivity index (χ0n) is 12.5. The molecule has 0 spiro atoms. The van der Waals surface area contributed by atoms with Crippen molar-refractivity contribution in [2.45, 2.75) is 33.6 Å². The lowest BCUT2D eigenvalue weighted by molar-refractivity contribution is -0.128. The normalized spacial score (nSPS) is 14.9. The Morgan fingerprint density at radius 1 is 1.24 bits per heavy atom. The van der Waals surface area contributed by atoms with E-state index in [4.69, 9.17) is 0 Å². The number of carbonyl (C=O) groups is 1. The fraction of sp³-hybridized carbons (Fsp3) is 0.923. The highest BCUT2D eigenvalue weighted by Crippen LogP contribution is 2.05. The Labute approximate surface area is 112 Å². The van der Waals surface area contributed by atoms with Crippen molar-refractivity contribution in [2.24, 2.45) is 0 Å². The molecule has 0 aromatic rings. The minimum atomic E-state index is 0.215. The van der Waals surface area contributed by atoms with Crippen molar-refractivity contribution < 1.29 is 4.79 Å². The van der Waals surface area contributed by atoms with Gasteiger partial charge in [-0.15, -0.1) is 0 Å². The van der Waals surface area contributed by atoms with E-state index in [1.807, 2.05) is 20.8 Å². The molecule has 0 saturated carbocycles. The van der Waals surface area contributed by atoms with E-state index in [1.165, 1.54) is 24.6 Å². The fourth-order valence-corrected chi connectivity index (χ4v) is 2.18. The molecule has 0 atom stereocenters. The lowest BCUT2D eigenvalue weighted by Crippen LogP contribution is -2.28. The van der Waals surface area contributed by atoms with Crippen molar-refractivity contribution in [1.29, 1.82) is 0 Å². The van der Waals surface area contributed by atoms with Gasteiger partial charge in [0.2, 0.25) is 5.91 Å².